The van der Waals surface area contributed by atoms with Crippen molar-refractivity contribution in [3.63, 3.8) is 0 Å². The number of carbonyl (C=O) groups excluding carboxylic acids is 1. The molecule has 106 valence electrons. The Balaban J connectivity index is 2.71. The molecular weight excluding hydrogens is 291 g/mol. The molecule has 0 radical (unpaired) electrons. The lowest BCUT2D eigenvalue weighted by Gasteiger charge is -2.14. The van der Waals surface area contributed by atoms with Crippen molar-refractivity contribution >= 4 is 17.3 Å². The fourth-order valence-corrected chi connectivity index (χ4v) is 2.66. The monoisotopic (exact) mass is 301 g/mol. The topological polar surface area (TPSA) is 39.2 Å². The van der Waals surface area contributed by atoms with Crippen LogP contribution in [0.1, 0.15) is 21.7 Å². The molecule has 0 bridgehead atoms. The van der Waals surface area contributed by atoms with E-state index >= 15 is 0 Å². The maximum absolute atomic E-state index is 13.2. The summed E-state index contributed by atoms with van der Waals surface area (Å²) in [6.45, 7) is 1.51. The summed E-state index contributed by atoms with van der Waals surface area (Å²) in [4.78, 5) is 15.3. The molecule has 0 aliphatic heterocycles. The number of ether oxygens (including phenoxy) is 1. The molecule has 0 aliphatic rings. The number of hydrogen-bond acceptors (Lipinski definition) is 4. The average molecular weight is 301 g/mol. The van der Waals surface area contributed by atoms with Gasteiger partial charge in [-0.05, 0) is 30.0 Å². The summed E-state index contributed by atoms with van der Waals surface area (Å²) < 4.78 is 43.9. The molecule has 20 heavy (non-hydrogen) atoms. The summed E-state index contributed by atoms with van der Waals surface area (Å²) >= 11 is 1.18. The fraction of sp³-hybridized carbons (Fsp3) is 0.231. The van der Waals surface area contributed by atoms with Crippen molar-refractivity contribution in [3.8, 4) is 10.4 Å². The van der Waals surface area contributed by atoms with Gasteiger partial charge in [-0.15, -0.1) is 11.3 Å². The van der Waals surface area contributed by atoms with Crippen LogP contribution in [0.15, 0.2) is 23.6 Å². The van der Waals surface area contributed by atoms with Crippen LogP contribution in [0, 0.1) is 6.92 Å². The first-order valence-electron chi connectivity index (χ1n) is 5.55. The van der Waals surface area contributed by atoms with Crippen LogP contribution < -0.4 is 0 Å². The highest BCUT2D eigenvalue weighted by molar-refractivity contribution is 7.13. The van der Waals surface area contributed by atoms with Crippen LogP contribution in [0.2, 0.25) is 0 Å². The van der Waals surface area contributed by atoms with Crippen LogP contribution in [0.5, 0.6) is 0 Å². The van der Waals surface area contributed by atoms with Gasteiger partial charge < -0.3 is 4.74 Å². The van der Waals surface area contributed by atoms with Gasteiger partial charge in [0.15, 0.2) is 5.69 Å². The van der Waals surface area contributed by atoms with Gasteiger partial charge in [0.2, 0.25) is 0 Å². The number of thiophene rings is 1. The third-order valence-corrected chi connectivity index (χ3v) is 3.53. The van der Waals surface area contributed by atoms with Crippen molar-refractivity contribution in [2.75, 3.05) is 7.11 Å². The standard InChI is InChI=1S/C13H10F3NO2S/c1-7-6-8(12(18)19-2)17-11(13(14,15)16)10(7)9-4-3-5-20-9/h3-6H,1-2H3. The Hall–Kier alpha value is -1.89. The second-order valence-electron chi connectivity index (χ2n) is 4.01. The Labute approximate surface area is 117 Å². The lowest BCUT2D eigenvalue weighted by Crippen LogP contribution is -2.15. The van der Waals surface area contributed by atoms with Crippen molar-refractivity contribution in [2.24, 2.45) is 0 Å². The summed E-state index contributed by atoms with van der Waals surface area (Å²) in [7, 11) is 1.10. The predicted molar refractivity (Wildman–Crippen MR) is 68.6 cm³/mol. The van der Waals surface area contributed by atoms with Gasteiger partial charge in [0.1, 0.15) is 5.69 Å². The first kappa shape index (κ1) is 14.5. The lowest BCUT2D eigenvalue weighted by molar-refractivity contribution is -0.140. The minimum absolute atomic E-state index is 0.000142. The van der Waals surface area contributed by atoms with Gasteiger partial charge in [-0.3, -0.25) is 0 Å². The fourth-order valence-electron chi connectivity index (χ4n) is 1.82. The zero-order valence-electron chi connectivity index (χ0n) is 10.6. The van der Waals surface area contributed by atoms with E-state index < -0.39 is 17.8 Å². The Morgan fingerprint density at radius 2 is 2.10 bits per heavy atom. The van der Waals surface area contributed by atoms with Crippen LogP contribution in [-0.4, -0.2) is 18.1 Å². The Kier molecular flexibility index (Phi) is 3.80. The third-order valence-electron chi connectivity index (χ3n) is 2.65. The van der Waals surface area contributed by atoms with Gasteiger partial charge >= 0.3 is 12.1 Å². The highest BCUT2D eigenvalue weighted by atomic mass is 32.1. The predicted octanol–water partition coefficient (Wildman–Crippen LogP) is 3.92. The molecule has 3 nitrogen and oxygen atoms in total. The summed E-state index contributed by atoms with van der Waals surface area (Å²) in [6.07, 6.45) is -4.64. The largest absolute Gasteiger partial charge is 0.464 e. The van der Waals surface area contributed by atoms with Gasteiger partial charge in [0.05, 0.1) is 7.11 Å². The zero-order chi connectivity index (χ0) is 14.9. The first-order valence-corrected chi connectivity index (χ1v) is 6.43. The molecule has 2 heterocycles. The van der Waals surface area contributed by atoms with E-state index in [0.29, 0.717) is 10.4 Å². The maximum Gasteiger partial charge on any atom is 0.434 e. The molecule has 0 spiro atoms. The Morgan fingerprint density at radius 1 is 1.40 bits per heavy atom. The Bertz CT molecular complexity index is 636. The number of hydrogen-bond donors (Lipinski definition) is 0. The maximum atomic E-state index is 13.2. The molecular formula is C13H10F3NO2S. The number of esters is 1. The second kappa shape index (κ2) is 5.24. The van der Waals surface area contributed by atoms with Gasteiger partial charge in [-0.2, -0.15) is 13.2 Å². The van der Waals surface area contributed by atoms with Crippen molar-refractivity contribution in [3.05, 3.63) is 40.5 Å². The molecule has 0 fully saturated rings. The van der Waals surface area contributed by atoms with Crippen LogP contribution in [-0.2, 0) is 10.9 Å². The Morgan fingerprint density at radius 3 is 2.60 bits per heavy atom. The summed E-state index contributed by atoms with van der Waals surface area (Å²) in [5, 5.41) is 1.68. The van der Waals surface area contributed by atoms with E-state index in [1.165, 1.54) is 24.3 Å². The van der Waals surface area contributed by atoms with Crippen LogP contribution >= 0.6 is 11.3 Å². The molecule has 0 amide bonds. The molecule has 2 aromatic rings. The molecule has 0 saturated carbocycles. The first-order chi connectivity index (χ1) is 9.34. The SMILES string of the molecule is COC(=O)c1cc(C)c(-c2cccs2)c(C(F)(F)F)n1. The number of rotatable bonds is 2. The smallest absolute Gasteiger partial charge is 0.434 e. The number of alkyl halides is 3. The van der Waals surface area contributed by atoms with E-state index in [1.807, 2.05) is 0 Å². The van der Waals surface area contributed by atoms with E-state index in [0.717, 1.165) is 7.11 Å². The highest BCUT2D eigenvalue weighted by Gasteiger charge is 2.37. The average Bonchev–Trinajstić information content (AvgIpc) is 2.89. The third kappa shape index (κ3) is 2.67. The van der Waals surface area contributed by atoms with Gasteiger partial charge in [0.25, 0.3) is 0 Å². The number of pyridine rings is 1. The molecule has 0 aromatic carbocycles. The molecule has 0 saturated heterocycles. The van der Waals surface area contributed by atoms with E-state index in [1.54, 1.807) is 17.5 Å². The zero-order valence-corrected chi connectivity index (χ0v) is 11.4. The minimum Gasteiger partial charge on any atom is -0.464 e. The second-order valence-corrected chi connectivity index (χ2v) is 4.96. The van der Waals surface area contributed by atoms with Crippen molar-refractivity contribution in [1.82, 2.24) is 4.98 Å². The summed E-state index contributed by atoms with van der Waals surface area (Å²) in [5.41, 5.74) is -1.09. The van der Waals surface area contributed by atoms with E-state index in [9.17, 15) is 18.0 Å². The van der Waals surface area contributed by atoms with Crippen molar-refractivity contribution < 1.29 is 22.7 Å². The van der Waals surface area contributed by atoms with Crippen molar-refractivity contribution in [2.45, 2.75) is 13.1 Å². The molecule has 0 N–H and O–H groups in total. The summed E-state index contributed by atoms with van der Waals surface area (Å²) in [6, 6.07) is 4.55. The van der Waals surface area contributed by atoms with E-state index in [4.69, 9.17) is 0 Å². The number of aromatic nitrogens is 1. The highest BCUT2D eigenvalue weighted by Crippen LogP contribution is 2.39. The van der Waals surface area contributed by atoms with Crippen LogP contribution in [0.4, 0.5) is 13.2 Å². The number of halogens is 3. The molecule has 0 aliphatic carbocycles. The molecule has 2 aromatic heterocycles. The normalized spacial score (nSPS) is 11.4. The van der Waals surface area contributed by atoms with E-state index in [2.05, 4.69) is 9.72 Å². The lowest BCUT2D eigenvalue weighted by atomic mass is 10.0. The molecule has 0 unspecified atom stereocenters. The number of methoxy groups -OCH3 is 1. The number of carbonyl (C=O) groups is 1. The summed E-state index contributed by atoms with van der Waals surface area (Å²) in [5.74, 6) is -0.892. The van der Waals surface area contributed by atoms with Gasteiger partial charge in [-0.1, -0.05) is 6.07 Å². The minimum atomic E-state index is -4.64. The molecule has 0 atom stereocenters. The van der Waals surface area contributed by atoms with Gasteiger partial charge in [0, 0.05) is 10.4 Å². The van der Waals surface area contributed by atoms with Crippen molar-refractivity contribution in [1.29, 1.82) is 0 Å². The molecule has 7 heteroatoms. The quantitative estimate of drug-likeness (QED) is 0.789. The van der Waals surface area contributed by atoms with E-state index in [-0.39, 0.29) is 11.3 Å². The number of aryl methyl sites for hydroxylation is 1. The van der Waals surface area contributed by atoms with Crippen LogP contribution in [0.25, 0.3) is 10.4 Å². The number of nitrogens with zero attached hydrogens (tertiary/aromatic N) is 1. The molecule has 2 rings (SSSR count). The van der Waals surface area contributed by atoms with Crippen LogP contribution in [0.3, 0.4) is 0 Å². The van der Waals surface area contributed by atoms with Gasteiger partial charge in [-0.25, -0.2) is 9.78 Å².